The van der Waals surface area contributed by atoms with E-state index in [2.05, 4.69) is 0 Å². The van der Waals surface area contributed by atoms with Gasteiger partial charge in [-0.15, -0.1) is 0 Å². The first-order chi connectivity index (χ1) is 14.5. The summed E-state index contributed by atoms with van der Waals surface area (Å²) in [6.45, 7) is 4.67. The van der Waals surface area contributed by atoms with Crippen LogP contribution < -0.4 is 9.47 Å². The molecule has 0 aliphatic carbocycles. The van der Waals surface area contributed by atoms with E-state index in [-0.39, 0.29) is 18.4 Å². The number of benzene rings is 2. The van der Waals surface area contributed by atoms with Crippen molar-refractivity contribution in [2.45, 2.75) is 19.8 Å². The lowest BCUT2D eigenvalue weighted by molar-refractivity contribution is -0.140. The molecule has 7 heteroatoms. The van der Waals surface area contributed by atoms with Crippen molar-refractivity contribution >= 4 is 23.4 Å². The Bertz CT molecular complexity index is 831. The Morgan fingerprint density at radius 2 is 1.37 bits per heavy atom. The molecule has 2 amide bonds. The minimum absolute atomic E-state index is 0.0154. The zero-order valence-corrected chi connectivity index (χ0v) is 17.9. The number of carbonyl (C=O) groups is 2. The summed E-state index contributed by atoms with van der Waals surface area (Å²) in [6.07, 6.45) is 1.14. The van der Waals surface area contributed by atoms with E-state index in [1.807, 2.05) is 48.2 Å². The van der Waals surface area contributed by atoms with Gasteiger partial charge in [-0.2, -0.15) is 0 Å². The number of nitrogens with zero attached hydrogens (tertiary/aromatic N) is 2. The van der Waals surface area contributed by atoms with E-state index >= 15 is 0 Å². The summed E-state index contributed by atoms with van der Waals surface area (Å²) in [5, 5.41) is 0.692. The molecule has 0 aromatic heterocycles. The topological polar surface area (TPSA) is 59.1 Å². The number of piperazine rings is 1. The number of carbonyl (C=O) groups excluding carboxylic acids is 2. The van der Waals surface area contributed by atoms with E-state index in [1.54, 1.807) is 17.0 Å². The van der Waals surface area contributed by atoms with Crippen LogP contribution in [0.4, 0.5) is 0 Å². The van der Waals surface area contributed by atoms with Crippen LogP contribution in [0.3, 0.4) is 0 Å². The van der Waals surface area contributed by atoms with E-state index in [9.17, 15) is 9.59 Å². The van der Waals surface area contributed by atoms with Gasteiger partial charge in [0, 0.05) is 37.6 Å². The maximum Gasteiger partial charge on any atom is 0.260 e. The highest BCUT2D eigenvalue weighted by molar-refractivity contribution is 6.30. The normalized spacial score (nSPS) is 13.8. The van der Waals surface area contributed by atoms with Gasteiger partial charge >= 0.3 is 0 Å². The molecule has 1 aliphatic heterocycles. The number of aryl methyl sites for hydroxylation is 1. The lowest BCUT2D eigenvalue weighted by Crippen LogP contribution is -2.51. The molecule has 1 fully saturated rings. The van der Waals surface area contributed by atoms with E-state index in [4.69, 9.17) is 21.1 Å². The van der Waals surface area contributed by atoms with Crippen molar-refractivity contribution in [1.82, 2.24) is 9.80 Å². The van der Waals surface area contributed by atoms with Crippen LogP contribution in [0.5, 0.6) is 11.5 Å². The second-order valence-electron chi connectivity index (χ2n) is 7.08. The Kier molecular flexibility index (Phi) is 7.97. The molecule has 160 valence electrons. The molecule has 1 aliphatic rings. The lowest BCUT2D eigenvalue weighted by atomic mass is 10.1. The summed E-state index contributed by atoms with van der Waals surface area (Å²) in [6, 6.07) is 14.8. The fraction of sp³-hybridized carbons (Fsp3) is 0.391. The largest absolute Gasteiger partial charge is 0.494 e. The van der Waals surface area contributed by atoms with E-state index in [1.165, 1.54) is 0 Å². The highest BCUT2D eigenvalue weighted by Crippen LogP contribution is 2.18. The van der Waals surface area contributed by atoms with Crippen molar-refractivity contribution < 1.29 is 19.1 Å². The monoisotopic (exact) mass is 430 g/mol. The molecular weight excluding hydrogens is 404 g/mol. The highest BCUT2D eigenvalue weighted by atomic mass is 35.5. The average molecular weight is 431 g/mol. The first kappa shape index (κ1) is 22.0. The molecule has 0 unspecified atom stereocenters. The van der Waals surface area contributed by atoms with Crippen LogP contribution in [-0.4, -0.2) is 61.0 Å². The van der Waals surface area contributed by atoms with Crippen molar-refractivity contribution in [3.05, 3.63) is 59.1 Å². The average Bonchev–Trinajstić information content (AvgIpc) is 2.78. The third-order valence-corrected chi connectivity index (χ3v) is 5.27. The predicted molar refractivity (Wildman–Crippen MR) is 116 cm³/mol. The molecule has 0 atom stereocenters. The number of amides is 2. The summed E-state index contributed by atoms with van der Waals surface area (Å²) in [7, 11) is 0. The van der Waals surface area contributed by atoms with Crippen molar-refractivity contribution in [3.8, 4) is 11.5 Å². The van der Waals surface area contributed by atoms with Gasteiger partial charge in [-0.1, -0.05) is 23.7 Å². The van der Waals surface area contributed by atoms with Gasteiger partial charge in [-0.3, -0.25) is 9.59 Å². The molecule has 6 nitrogen and oxygen atoms in total. The molecule has 0 saturated carbocycles. The first-order valence-electron chi connectivity index (χ1n) is 10.2. The summed E-state index contributed by atoms with van der Waals surface area (Å²) in [4.78, 5) is 28.5. The van der Waals surface area contributed by atoms with E-state index in [0.29, 0.717) is 56.4 Å². The molecule has 1 heterocycles. The van der Waals surface area contributed by atoms with Gasteiger partial charge in [-0.05, 0) is 55.3 Å². The van der Waals surface area contributed by atoms with Gasteiger partial charge in [0.1, 0.15) is 11.5 Å². The third kappa shape index (κ3) is 6.39. The van der Waals surface area contributed by atoms with E-state index in [0.717, 1.165) is 11.3 Å². The molecule has 0 bridgehead atoms. The van der Waals surface area contributed by atoms with Crippen LogP contribution in [0.1, 0.15) is 18.9 Å². The minimum Gasteiger partial charge on any atom is -0.494 e. The molecule has 3 rings (SSSR count). The lowest BCUT2D eigenvalue weighted by Gasteiger charge is -2.34. The van der Waals surface area contributed by atoms with Crippen LogP contribution in [0.2, 0.25) is 5.02 Å². The summed E-state index contributed by atoms with van der Waals surface area (Å²) >= 11 is 5.89. The number of hydrogen-bond donors (Lipinski definition) is 0. The van der Waals surface area contributed by atoms with Crippen LogP contribution in [0.15, 0.2) is 48.5 Å². The fourth-order valence-corrected chi connectivity index (χ4v) is 3.43. The van der Waals surface area contributed by atoms with Gasteiger partial charge in [0.05, 0.1) is 6.61 Å². The summed E-state index contributed by atoms with van der Waals surface area (Å²) < 4.78 is 11.0. The quantitative estimate of drug-likeness (QED) is 0.643. The van der Waals surface area contributed by atoms with Crippen LogP contribution in [-0.2, 0) is 16.0 Å². The predicted octanol–water partition coefficient (Wildman–Crippen LogP) is 3.42. The molecule has 30 heavy (non-hydrogen) atoms. The molecule has 0 spiro atoms. The van der Waals surface area contributed by atoms with E-state index < -0.39 is 0 Å². The SMILES string of the molecule is CCOc1ccc(OCC(=O)N2CCN(C(=O)CCc3ccc(Cl)cc3)CC2)cc1. The van der Waals surface area contributed by atoms with Crippen molar-refractivity contribution in [1.29, 1.82) is 0 Å². The maximum atomic E-state index is 12.5. The molecular formula is C23H27ClN2O4. The number of halogens is 1. The first-order valence-corrected chi connectivity index (χ1v) is 10.6. The smallest absolute Gasteiger partial charge is 0.260 e. The maximum absolute atomic E-state index is 12.5. The zero-order chi connectivity index (χ0) is 21.3. The number of hydrogen-bond acceptors (Lipinski definition) is 4. The number of ether oxygens (including phenoxy) is 2. The second kappa shape index (κ2) is 10.9. The Labute approximate surface area is 182 Å². The number of rotatable bonds is 8. The van der Waals surface area contributed by atoms with Gasteiger partial charge in [0.25, 0.3) is 5.91 Å². The van der Waals surface area contributed by atoms with Crippen LogP contribution >= 0.6 is 11.6 Å². The Balaban J connectivity index is 1.38. The van der Waals surface area contributed by atoms with Crippen molar-refractivity contribution in [2.75, 3.05) is 39.4 Å². The van der Waals surface area contributed by atoms with Gasteiger partial charge in [-0.25, -0.2) is 0 Å². The van der Waals surface area contributed by atoms with Crippen LogP contribution in [0.25, 0.3) is 0 Å². The Hall–Kier alpha value is -2.73. The molecule has 2 aromatic carbocycles. The third-order valence-electron chi connectivity index (χ3n) is 5.02. The molecule has 2 aromatic rings. The van der Waals surface area contributed by atoms with Crippen molar-refractivity contribution in [2.24, 2.45) is 0 Å². The van der Waals surface area contributed by atoms with Crippen molar-refractivity contribution in [3.63, 3.8) is 0 Å². The van der Waals surface area contributed by atoms with Crippen LogP contribution in [0, 0.1) is 0 Å². The van der Waals surface area contributed by atoms with Gasteiger partial charge < -0.3 is 19.3 Å². The van der Waals surface area contributed by atoms with Gasteiger partial charge in [0.2, 0.25) is 5.91 Å². The summed E-state index contributed by atoms with van der Waals surface area (Å²) in [5.74, 6) is 1.44. The molecule has 0 N–H and O–H groups in total. The second-order valence-corrected chi connectivity index (χ2v) is 7.52. The zero-order valence-electron chi connectivity index (χ0n) is 17.2. The standard InChI is InChI=1S/C23H27ClN2O4/c1-2-29-20-8-10-21(11-9-20)30-17-23(28)26-15-13-25(14-16-26)22(27)12-5-18-3-6-19(24)7-4-18/h3-4,6-11H,2,5,12-17H2,1H3. The minimum atomic E-state index is -0.0721. The fourth-order valence-electron chi connectivity index (χ4n) is 3.30. The van der Waals surface area contributed by atoms with Gasteiger partial charge in [0.15, 0.2) is 6.61 Å². The Morgan fingerprint density at radius 3 is 1.93 bits per heavy atom. The highest BCUT2D eigenvalue weighted by Gasteiger charge is 2.24. The summed E-state index contributed by atoms with van der Waals surface area (Å²) in [5.41, 5.74) is 1.09. The molecule has 0 radical (unpaired) electrons. The Morgan fingerprint density at radius 1 is 0.833 bits per heavy atom. The molecule has 1 saturated heterocycles.